The molecule has 0 aromatic heterocycles. The Morgan fingerprint density at radius 1 is 1.30 bits per heavy atom. The molecule has 1 aromatic carbocycles. The van der Waals surface area contributed by atoms with Crippen molar-refractivity contribution < 1.29 is 8.42 Å². The van der Waals surface area contributed by atoms with Crippen LogP contribution in [0.3, 0.4) is 0 Å². The Morgan fingerprint density at radius 3 is 2.50 bits per heavy atom. The standard InChI is InChI=1S/C15H22N2O2S/c1-5-9-13(6-2)16-14-10-7-8-11-15(14)20(18,19)17-12(3)4/h2,7-8,10-13,16-17H,5,9H2,1,3-4H3. The van der Waals surface area contributed by atoms with Crippen molar-refractivity contribution in [2.45, 2.75) is 50.6 Å². The van der Waals surface area contributed by atoms with Crippen molar-refractivity contribution in [1.82, 2.24) is 4.72 Å². The summed E-state index contributed by atoms with van der Waals surface area (Å²) in [6.07, 6.45) is 7.19. The van der Waals surface area contributed by atoms with E-state index >= 15 is 0 Å². The molecule has 1 unspecified atom stereocenters. The van der Waals surface area contributed by atoms with Gasteiger partial charge in [0.15, 0.2) is 0 Å². The van der Waals surface area contributed by atoms with Crippen LogP contribution in [0.2, 0.25) is 0 Å². The van der Waals surface area contributed by atoms with Gasteiger partial charge in [0.05, 0.1) is 11.7 Å². The molecule has 0 aliphatic heterocycles. The van der Waals surface area contributed by atoms with Gasteiger partial charge in [0.2, 0.25) is 10.0 Å². The quantitative estimate of drug-likeness (QED) is 0.760. The zero-order valence-electron chi connectivity index (χ0n) is 12.2. The van der Waals surface area contributed by atoms with E-state index in [4.69, 9.17) is 6.42 Å². The first-order valence-corrected chi connectivity index (χ1v) is 8.23. The largest absolute Gasteiger partial charge is 0.370 e. The lowest BCUT2D eigenvalue weighted by Crippen LogP contribution is -2.31. The molecular formula is C15H22N2O2S. The highest BCUT2D eigenvalue weighted by atomic mass is 32.2. The van der Waals surface area contributed by atoms with Gasteiger partial charge in [0.1, 0.15) is 4.90 Å². The van der Waals surface area contributed by atoms with Crippen molar-refractivity contribution in [1.29, 1.82) is 0 Å². The highest BCUT2D eigenvalue weighted by Crippen LogP contribution is 2.22. The molecule has 1 atom stereocenters. The fourth-order valence-corrected chi connectivity index (χ4v) is 3.29. The summed E-state index contributed by atoms with van der Waals surface area (Å²) in [4.78, 5) is 0.227. The molecular weight excluding hydrogens is 272 g/mol. The SMILES string of the molecule is C#CC(CCC)Nc1ccccc1S(=O)(=O)NC(C)C. The summed E-state index contributed by atoms with van der Waals surface area (Å²) in [7, 11) is -3.54. The number of hydrogen-bond acceptors (Lipinski definition) is 3. The van der Waals surface area contributed by atoms with E-state index in [-0.39, 0.29) is 17.0 Å². The molecule has 0 radical (unpaired) electrons. The fraction of sp³-hybridized carbons (Fsp3) is 0.467. The third-order valence-electron chi connectivity index (χ3n) is 2.68. The molecule has 0 saturated carbocycles. The summed E-state index contributed by atoms with van der Waals surface area (Å²) in [5.74, 6) is 2.64. The molecule has 0 fully saturated rings. The summed E-state index contributed by atoms with van der Waals surface area (Å²) in [5, 5.41) is 3.12. The predicted molar refractivity (Wildman–Crippen MR) is 83.1 cm³/mol. The highest BCUT2D eigenvalue weighted by Gasteiger charge is 2.20. The van der Waals surface area contributed by atoms with Crippen molar-refractivity contribution in [2.24, 2.45) is 0 Å². The number of sulfonamides is 1. The lowest BCUT2D eigenvalue weighted by atomic mass is 10.1. The molecule has 1 rings (SSSR count). The fourth-order valence-electron chi connectivity index (χ4n) is 1.87. The van der Waals surface area contributed by atoms with Crippen LogP contribution < -0.4 is 10.0 Å². The normalized spacial score (nSPS) is 12.9. The van der Waals surface area contributed by atoms with Gasteiger partial charge in [-0.2, -0.15) is 0 Å². The van der Waals surface area contributed by atoms with Crippen LogP contribution in [0.1, 0.15) is 33.6 Å². The van der Waals surface area contributed by atoms with Crippen LogP contribution in [0.4, 0.5) is 5.69 Å². The molecule has 1 aromatic rings. The van der Waals surface area contributed by atoms with Crippen molar-refractivity contribution in [2.75, 3.05) is 5.32 Å². The lowest BCUT2D eigenvalue weighted by molar-refractivity contribution is 0.570. The third-order valence-corrected chi connectivity index (χ3v) is 4.39. The van der Waals surface area contributed by atoms with Gasteiger partial charge in [0, 0.05) is 6.04 Å². The zero-order chi connectivity index (χ0) is 15.2. The van der Waals surface area contributed by atoms with Crippen molar-refractivity contribution in [3.63, 3.8) is 0 Å². The summed E-state index contributed by atoms with van der Waals surface area (Å²) >= 11 is 0. The Balaban J connectivity index is 3.08. The van der Waals surface area contributed by atoms with E-state index in [2.05, 4.69) is 16.0 Å². The van der Waals surface area contributed by atoms with Crippen LogP contribution in [0.25, 0.3) is 0 Å². The number of hydrogen-bond donors (Lipinski definition) is 2. The van der Waals surface area contributed by atoms with Crippen LogP contribution in [-0.2, 0) is 10.0 Å². The number of rotatable bonds is 7. The minimum atomic E-state index is -3.54. The Kier molecular flexibility index (Phi) is 6.05. The molecule has 0 heterocycles. The first-order valence-electron chi connectivity index (χ1n) is 6.74. The number of terminal acetylenes is 1. The van der Waals surface area contributed by atoms with Crippen molar-refractivity contribution in [3.05, 3.63) is 24.3 Å². The zero-order valence-corrected chi connectivity index (χ0v) is 13.0. The van der Waals surface area contributed by atoms with Gasteiger partial charge >= 0.3 is 0 Å². The van der Waals surface area contributed by atoms with Crippen LogP contribution in [0.5, 0.6) is 0 Å². The van der Waals surface area contributed by atoms with E-state index in [1.165, 1.54) is 0 Å². The summed E-state index contributed by atoms with van der Waals surface area (Å²) < 4.78 is 27.2. The molecule has 0 aliphatic carbocycles. The van der Waals surface area contributed by atoms with Gasteiger partial charge in [-0.05, 0) is 32.4 Å². The smallest absolute Gasteiger partial charge is 0.242 e. The molecule has 0 saturated heterocycles. The van der Waals surface area contributed by atoms with Crippen LogP contribution in [-0.4, -0.2) is 20.5 Å². The summed E-state index contributed by atoms with van der Waals surface area (Å²) in [6.45, 7) is 5.61. The highest BCUT2D eigenvalue weighted by molar-refractivity contribution is 7.89. The summed E-state index contributed by atoms with van der Waals surface area (Å²) in [5.41, 5.74) is 0.539. The summed E-state index contributed by atoms with van der Waals surface area (Å²) in [6, 6.07) is 6.46. The molecule has 0 amide bonds. The number of para-hydroxylation sites is 1. The van der Waals surface area contributed by atoms with E-state index in [9.17, 15) is 8.42 Å². The Labute approximate surface area is 122 Å². The molecule has 2 N–H and O–H groups in total. The first-order chi connectivity index (χ1) is 9.40. The Morgan fingerprint density at radius 2 is 1.95 bits per heavy atom. The molecule has 0 bridgehead atoms. The van der Waals surface area contributed by atoms with Crippen LogP contribution >= 0.6 is 0 Å². The van der Waals surface area contributed by atoms with E-state index in [1.54, 1.807) is 38.1 Å². The second kappa shape index (κ2) is 7.32. The van der Waals surface area contributed by atoms with E-state index in [1.807, 2.05) is 6.92 Å². The molecule has 0 spiro atoms. The number of nitrogens with one attached hydrogen (secondary N) is 2. The predicted octanol–water partition coefficient (Wildman–Crippen LogP) is 2.59. The topological polar surface area (TPSA) is 58.2 Å². The Bertz CT molecular complexity index is 574. The number of benzene rings is 1. The third kappa shape index (κ3) is 4.55. The van der Waals surface area contributed by atoms with Gasteiger partial charge in [-0.1, -0.05) is 31.4 Å². The second-order valence-corrected chi connectivity index (χ2v) is 6.61. The number of anilines is 1. The molecule has 110 valence electrons. The molecule has 4 nitrogen and oxygen atoms in total. The lowest BCUT2D eigenvalue weighted by Gasteiger charge is -2.18. The minimum Gasteiger partial charge on any atom is -0.370 e. The minimum absolute atomic E-state index is 0.160. The van der Waals surface area contributed by atoms with Crippen LogP contribution in [0, 0.1) is 12.3 Å². The maximum atomic E-state index is 12.3. The monoisotopic (exact) mass is 294 g/mol. The van der Waals surface area contributed by atoms with E-state index in [0.29, 0.717) is 5.69 Å². The average molecular weight is 294 g/mol. The van der Waals surface area contributed by atoms with Crippen molar-refractivity contribution in [3.8, 4) is 12.3 Å². The van der Waals surface area contributed by atoms with E-state index < -0.39 is 10.0 Å². The van der Waals surface area contributed by atoms with E-state index in [0.717, 1.165) is 12.8 Å². The van der Waals surface area contributed by atoms with Crippen molar-refractivity contribution >= 4 is 15.7 Å². The maximum Gasteiger partial charge on any atom is 0.242 e. The first kappa shape index (κ1) is 16.5. The Hall–Kier alpha value is -1.51. The average Bonchev–Trinajstić information content (AvgIpc) is 2.37. The second-order valence-electron chi connectivity index (χ2n) is 4.92. The molecule has 5 heteroatoms. The van der Waals surface area contributed by atoms with Gasteiger partial charge in [-0.15, -0.1) is 6.42 Å². The maximum absolute atomic E-state index is 12.3. The van der Waals surface area contributed by atoms with Gasteiger partial charge in [0.25, 0.3) is 0 Å². The molecule has 20 heavy (non-hydrogen) atoms. The van der Waals surface area contributed by atoms with Gasteiger partial charge in [-0.3, -0.25) is 0 Å². The van der Waals surface area contributed by atoms with Crippen LogP contribution in [0.15, 0.2) is 29.2 Å². The van der Waals surface area contributed by atoms with Gasteiger partial charge < -0.3 is 5.32 Å². The molecule has 0 aliphatic rings. The van der Waals surface area contributed by atoms with Gasteiger partial charge in [-0.25, -0.2) is 13.1 Å².